The highest BCUT2D eigenvalue weighted by Gasteiger charge is 2.34. The number of fused-ring (bicyclic) bond motifs is 1. The lowest BCUT2D eigenvalue weighted by Crippen LogP contribution is -2.44. The van der Waals surface area contributed by atoms with Crippen LogP contribution in [0.4, 0.5) is 10.5 Å². The van der Waals surface area contributed by atoms with Crippen LogP contribution in [0.1, 0.15) is 5.82 Å². The van der Waals surface area contributed by atoms with Crippen LogP contribution in [0.3, 0.4) is 0 Å². The van der Waals surface area contributed by atoms with Crippen LogP contribution in [-0.2, 0) is 22.6 Å². The predicted octanol–water partition coefficient (Wildman–Crippen LogP) is 0.545. The van der Waals surface area contributed by atoms with Crippen LogP contribution in [0.15, 0.2) is 29.1 Å². The lowest BCUT2D eigenvalue weighted by molar-refractivity contribution is -0.136. The van der Waals surface area contributed by atoms with Crippen molar-refractivity contribution in [2.45, 2.75) is 13.1 Å². The second-order valence-corrected chi connectivity index (χ2v) is 6.47. The van der Waals surface area contributed by atoms with Crippen LogP contribution in [0, 0.1) is 0 Å². The van der Waals surface area contributed by atoms with Crippen molar-refractivity contribution in [3.63, 3.8) is 0 Å². The predicted molar refractivity (Wildman–Crippen MR) is 92.3 cm³/mol. The summed E-state index contributed by atoms with van der Waals surface area (Å²) in [6.45, 7) is 1.92. The van der Waals surface area contributed by atoms with Gasteiger partial charge >= 0.3 is 11.7 Å². The number of aromatic nitrogens is 3. The van der Waals surface area contributed by atoms with Crippen molar-refractivity contribution in [1.82, 2.24) is 19.2 Å². The summed E-state index contributed by atoms with van der Waals surface area (Å²) < 4.78 is 7.26. The average Bonchev–Trinajstić information content (AvgIpc) is 3.13. The van der Waals surface area contributed by atoms with Crippen LogP contribution >= 0.6 is 11.6 Å². The SMILES string of the molecule is O=C(Cn1nc2n(c1=O)C(=O)N(c1ccc(Cl)cc1)C2)N1CCOCC1. The van der Waals surface area contributed by atoms with E-state index in [9.17, 15) is 14.4 Å². The Bertz CT molecular complexity index is 914. The van der Waals surface area contributed by atoms with Crippen LogP contribution in [0.25, 0.3) is 0 Å². The van der Waals surface area contributed by atoms with Crippen molar-refractivity contribution >= 4 is 29.2 Å². The quantitative estimate of drug-likeness (QED) is 0.779. The summed E-state index contributed by atoms with van der Waals surface area (Å²) in [6.07, 6.45) is 0. The van der Waals surface area contributed by atoms with Gasteiger partial charge in [0.2, 0.25) is 5.91 Å². The van der Waals surface area contributed by atoms with E-state index in [2.05, 4.69) is 5.10 Å². The number of ether oxygens (including phenoxy) is 1. The molecule has 1 saturated heterocycles. The highest BCUT2D eigenvalue weighted by Crippen LogP contribution is 2.23. The maximum Gasteiger partial charge on any atom is 0.354 e. The van der Waals surface area contributed by atoms with Crippen LogP contribution < -0.4 is 10.6 Å². The molecule has 2 aliphatic rings. The molecule has 0 bridgehead atoms. The van der Waals surface area contributed by atoms with Gasteiger partial charge in [0.25, 0.3) is 0 Å². The van der Waals surface area contributed by atoms with E-state index in [0.29, 0.717) is 42.8 Å². The van der Waals surface area contributed by atoms with E-state index in [4.69, 9.17) is 16.3 Å². The minimum absolute atomic E-state index is 0.161. The molecule has 0 unspecified atom stereocenters. The molecule has 2 amide bonds. The van der Waals surface area contributed by atoms with E-state index in [1.54, 1.807) is 29.2 Å². The number of rotatable bonds is 3. The molecule has 0 atom stereocenters. The van der Waals surface area contributed by atoms with Crippen molar-refractivity contribution in [2.24, 2.45) is 0 Å². The molecule has 4 rings (SSSR count). The highest BCUT2D eigenvalue weighted by atomic mass is 35.5. The second-order valence-electron chi connectivity index (χ2n) is 6.03. The fourth-order valence-electron chi connectivity index (χ4n) is 3.04. The fraction of sp³-hybridized carbons (Fsp3) is 0.375. The topological polar surface area (TPSA) is 89.7 Å². The van der Waals surface area contributed by atoms with Crippen molar-refractivity contribution < 1.29 is 14.3 Å². The molecule has 0 spiro atoms. The number of anilines is 1. The summed E-state index contributed by atoms with van der Waals surface area (Å²) in [5.74, 6) is 0.0962. The third-order valence-electron chi connectivity index (χ3n) is 4.42. The third-order valence-corrected chi connectivity index (χ3v) is 4.67. The van der Waals surface area contributed by atoms with Gasteiger partial charge in [-0.15, -0.1) is 0 Å². The molecule has 3 heterocycles. The summed E-state index contributed by atoms with van der Waals surface area (Å²) in [5, 5.41) is 4.73. The first-order chi connectivity index (χ1) is 12.5. The summed E-state index contributed by atoms with van der Waals surface area (Å²) in [5.41, 5.74) is 0.0170. The normalized spacial score (nSPS) is 16.9. The van der Waals surface area contributed by atoms with E-state index in [0.717, 1.165) is 9.25 Å². The summed E-state index contributed by atoms with van der Waals surface area (Å²) in [4.78, 5) is 40.5. The van der Waals surface area contributed by atoms with Gasteiger partial charge in [-0.3, -0.25) is 9.69 Å². The van der Waals surface area contributed by atoms with Crippen molar-refractivity contribution in [2.75, 3.05) is 31.2 Å². The van der Waals surface area contributed by atoms with Crippen LogP contribution in [0.2, 0.25) is 5.02 Å². The van der Waals surface area contributed by atoms with E-state index < -0.39 is 11.7 Å². The van der Waals surface area contributed by atoms with Gasteiger partial charge < -0.3 is 9.64 Å². The Labute approximate surface area is 153 Å². The molecule has 0 saturated carbocycles. The zero-order valence-electron chi connectivity index (χ0n) is 13.8. The summed E-state index contributed by atoms with van der Waals surface area (Å²) in [6, 6.07) is 6.26. The molecule has 1 aromatic carbocycles. The van der Waals surface area contributed by atoms with Gasteiger partial charge in [0.15, 0.2) is 5.82 Å². The summed E-state index contributed by atoms with van der Waals surface area (Å²) >= 11 is 5.86. The number of hydrogen-bond donors (Lipinski definition) is 0. The van der Waals surface area contributed by atoms with E-state index in [1.165, 1.54) is 4.90 Å². The maximum atomic E-state index is 12.6. The number of hydrogen-bond acceptors (Lipinski definition) is 5. The first-order valence-electron chi connectivity index (χ1n) is 8.16. The zero-order chi connectivity index (χ0) is 18.3. The number of amides is 2. The van der Waals surface area contributed by atoms with Crippen molar-refractivity contribution in [3.8, 4) is 0 Å². The molecule has 0 radical (unpaired) electrons. The Morgan fingerprint density at radius 2 is 1.85 bits per heavy atom. The van der Waals surface area contributed by atoms with Crippen LogP contribution in [0.5, 0.6) is 0 Å². The fourth-order valence-corrected chi connectivity index (χ4v) is 3.17. The third kappa shape index (κ3) is 2.89. The molecule has 136 valence electrons. The highest BCUT2D eigenvalue weighted by molar-refractivity contribution is 6.30. The van der Waals surface area contributed by atoms with E-state index >= 15 is 0 Å². The van der Waals surface area contributed by atoms with E-state index in [1.807, 2.05) is 0 Å². The monoisotopic (exact) mass is 377 g/mol. The molecule has 26 heavy (non-hydrogen) atoms. The zero-order valence-corrected chi connectivity index (χ0v) is 14.6. The number of carbonyl (C=O) groups is 2. The van der Waals surface area contributed by atoms with Crippen molar-refractivity contribution in [3.05, 3.63) is 45.6 Å². The number of benzene rings is 1. The van der Waals surface area contributed by atoms with E-state index in [-0.39, 0.29) is 19.0 Å². The standard InChI is InChI=1S/C16H16ClN5O4/c17-11-1-3-12(4-2-11)20-9-13-18-21(16(25)22(13)15(20)24)10-14(23)19-5-7-26-8-6-19/h1-4H,5-10H2. The first-order valence-corrected chi connectivity index (χ1v) is 8.54. The minimum Gasteiger partial charge on any atom is -0.378 e. The van der Waals surface area contributed by atoms with Gasteiger partial charge in [-0.2, -0.15) is 9.67 Å². The molecule has 1 aromatic heterocycles. The van der Waals surface area contributed by atoms with Gasteiger partial charge in [0, 0.05) is 23.8 Å². The Hall–Kier alpha value is -2.65. The lowest BCUT2D eigenvalue weighted by Gasteiger charge is -2.26. The van der Waals surface area contributed by atoms with Crippen molar-refractivity contribution in [1.29, 1.82) is 0 Å². The molecule has 2 aliphatic heterocycles. The largest absolute Gasteiger partial charge is 0.378 e. The molecule has 1 fully saturated rings. The molecule has 0 N–H and O–H groups in total. The summed E-state index contributed by atoms with van der Waals surface area (Å²) in [7, 11) is 0. The molecular weight excluding hydrogens is 362 g/mol. The Kier molecular flexibility index (Phi) is 4.25. The minimum atomic E-state index is -0.608. The lowest BCUT2D eigenvalue weighted by atomic mass is 10.3. The Morgan fingerprint density at radius 1 is 1.15 bits per heavy atom. The van der Waals surface area contributed by atoms with Gasteiger partial charge in [0.05, 0.1) is 19.8 Å². The number of morpholine rings is 1. The molecule has 10 heteroatoms. The maximum absolute atomic E-state index is 12.6. The molecule has 9 nitrogen and oxygen atoms in total. The number of nitrogens with zero attached hydrogens (tertiary/aromatic N) is 5. The number of halogens is 1. The molecule has 2 aromatic rings. The van der Waals surface area contributed by atoms with Gasteiger partial charge in [0.1, 0.15) is 6.54 Å². The van der Waals surface area contributed by atoms with Crippen LogP contribution in [-0.4, -0.2) is 57.5 Å². The number of carbonyl (C=O) groups excluding carboxylic acids is 2. The molecule has 0 aliphatic carbocycles. The second kappa shape index (κ2) is 6.58. The van der Waals surface area contributed by atoms with Gasteiger partial charge in [-0.1, -0.05) is 11.6 Å². The average molecular weight is 378 g/mol. The smallest absolute Gasteiger partial charge is 0.354 e. The van der Waals surface area contributed by atoms with Gasteiger partial charge in [-0.25, -0.2) is 14.3 Å². The first kappa shape index (κ1) is 16.8. The Morgan fingerprint density at radius 3 is 2.50 bits per heavy atom. The Balaban J connectivity index is 1.53. The van der Waals surface area contributed by atoms with Gasteiger partial charge in [-0.05, 0) is 24.3 Å². The molecular formula is C16H16ClN5O4.